The lowest BCUT2D eigenvalue weighted by molar-refractivity contribution is 0.100. The summed E-state index contributed by atoms with van der Waals surface area (Å²) in [6.07, 6.45) is 0.869. The summed E-state index contributed by atoms with van der Waals surface area (Å²) in [7, 11) is 0. The molecular formula is C13H14ClN3OS. The summed E-state index contributed by atoms with van der Waals surface area (Å²) >= 11 is 7.43. The number of carbonyl (C=O) groups excluding carboxylic acids is 1. The standard InChI is InChI=1S/C13H14ClN3OS/c14-12-4-2-9(19-12)5-6-17-8-1-3-11(15)10(7-8)13(16)18/h1-4,7,17H,5-6,15H2,(H2,16,18). The molecule has 0 saturated carbocycles. The highest BCUT2D eigenvalue weighted by Gasteiger charge is 2.06. The summed E-state index contributed by atoms with van der Waals surface area (Å²) in [6, 6.07) is 9.05. The van der Waals surface area contributed by atoms with E-state index >= 15 is 0 Å². The minimum Gasteiger partial charge on any atom is -0.398 e. The van der Waals surface area contributed by atoms with Gasteiger partial charge in [0.1, 0.15) is 0 Å². The Kier molecular flexibility index (Phi) is 4.29. The van der Waals surface area contributed by atoms with Gasteiger partial charge in [0.05, 0.1) is 9.90 Å². The zero-order valence-electron chi connectivity index (χ0n) is 10.2. The number of carbonyl (C=O) groups is 1. The predicted molar refractivity (Wildman–Crippen MR) is 80.9 cm³/mol. The summed E-state index contributed by atoms with van der Waals surface area (Å²) in [5.41, 5.74) is 12.5. The van der Waals surface area contributed by atoms with Crippen molar-refractivity contribution in [2.24, 2.45) is 5.73 Å². The number of halogens is 1. The van der Waals surface area contributed by atoms with Gasteiger partial charge in [0, 0.05) is 22.8 Å². The lowest BCUT2D eigenvalue weighted by Gasteiger charge is -2.08. The van der Waals surface area contributed by atoms with Gasteiger partial charge in [-0.1, -0.05) is 11.6 Å². The molecule has 0 radical (unpaired) electrons. The van der Waals surface area contributed by atoms with Gasteiger partial charge in [0.15, 0.2) is 0 Å². The minimum absolute atomic E-state index is 0.337. The maximum atomic E-state index is 11.2. The molecule has 0 bridgehead atoms. The lowest BCUT2D eigenvalue weighted by Crippen LogP contribution is -2.14. The summed E-state index contributed by atoms with van der Waals surface area (Å²) in [4.78, 5) is 12.4. The molecule has 0 spiro atoms. The van der Waals surface area contributed by atoms with E-state index in [1.165, 1.54) is 4.88 Å². The summed E-state index contributed by atoms with van der Waals surface area (Å²) in [6.45, 7) is 0.749. The van der Waals surface area contributed by atoms with Crippen LogP contribution < -0.4 is 16.8 Å². The first-order valence-corrected chi connectivity index (χ1v) is 6.93. The molecule has 19 heavy (non-hydrogen) atoms. The number of benzene rings is 1. The number of anilines is 2. The van der Waals surface area contributed by atoms with Crippen molar-refractivity contribution >= 4 is 40.2 Å². The van der Waals surface area contributed by atoms with Crippen LogP contribution in [-0.2, 0) is 6.42 Å². The SMILES string of the molecule is NC(=O)c1cc(NCCc2ccc(Cl)s2)ccc1N. The van der Waals surface area contributed by atoms with Gasteiger partial charge < -0.3 is 16.8 Å². The molecule has 0 unspecified atom stereocenters. The molecule has 5 N–H and O–H groups in total. The third kappa shape index (κ3) is 3.62. The van der Waals surface area contributed by atoms with Crippen LogP contribution in [0.4, 0.5) is 11.4 Å². The van der Waals surface area contributed by atoms with Crippen molar-refractivity contribution in [1.29, 1.82) is 0 Å². The maximum Gasteiger partial charge on any atom is 0.250 e. The largest absolute Gasteiger partial charge is 0.398 e. The number of rotatable bonds is 5. The van der Waals surface area contributed by atoms with Crippen LogP contribution in [0.15, 0.2) is 30.3 Å². The van der Waals surface area contributed by atoms with Crippen LogP contribution >= 0.6 is 22.9 Å². The van der Waals surface area contributed by atoms with Crippen LogP contribution in [0.25, 0.3) is 0 Å². The van der Waals surface area contributed by atoms with E-state index < -0.39 is 5.91 Å². The third-order valence-corrected chi connectivity index (χ3v) is 3.94. The van der Waals surface area contributed by atoms with Crippen LogP contribution in [0, 0.1) is 0 Å². The van der Waals surface area contributed by atoms with Crippen molar-refractivity contribution in [3.8, 4) is 0 Å². The highest BCUT2D eigenvalue weighted by atomic mass is 35.5. The Morgan fingerprint density at radius 3 is 2.74 bits per heavy atom. The van der Waals surface area contributed by atoms with Crippen molar-refractivity contribution in [1.82, 2.24) is 0 Å². The summed E-state index contributed by atoms with van der Waals surface area (Å²) in [5.74, 6) is -0.522. The van der Waals surface area contributed by atoms with Gasteiger partial charge in [0.25, 0.3) is 5.91 Å². The first-order chi connectivity index (χ1) is 9.06. The number of thiophene rings is 1. The monoisotopic (exact) mass is 295 g/mol. The van der Waals surface area contributed by atoms with E-state index in [2.05, 4.69) is 5.32 Å². The number of hydrogen-bond donors (Lipinski definition) is 3. The summed E-state index contributed by atoms with van der Waals surface area (Å²) < 4.78 is 0.790. The molecular weight excluding hydrogens is 282 g/mol. The van der Waals surface area contributed by atoms with E-state index in [1.807, 2.05) is 18.2 Å². The third-order valence-electron chi connectivity index (χ3n) is 2.65. The molecule has 1 aromatic carbocycles. The molecule has 6 heteroatoms. The number of amides is 1. The molecule has 2 aromatic rings. The Labute approximate surface area is 120 Å². The second kappa shape index (κ2) is 5.95. The normalized spacial score (nSPS) is 10.4. The average molecular weight is 296 g/mol. The molecule has 0 aliphatic rings. The number of nitrogens with two attached hydrogens (primary N) is 2. The molecule has 1 amide bonds. The van der Waals surface area contributed by atoms with Crippen molar-refractivity contribution in [3.63, 3.8) is 0 Å². The maximum absolute atomic E-state index is 11.2. The zero-order valence-corrected chi connectivity index (χ0v) is 11.7. The minimum atomic E-state index is -0.522. The second-order valence-corrected chi connectivity index (χ2v) is 5.85. The van der Waals surface area contributed by atoms with E-state index in [0.29, 0.717) is 11.3 Å². The molecule has 0 atom stereocenters. The van der Waals surface area contributed by atoms with Crippen molar-refractivity contribution in [3.05, 3.63) is 45.1 Å². The fraction of sp³-hybridized carbons (Fsp3) is 0.154. The first-order valence-electron chi connectivity index (χ1n) is 5.73. The second-order valence-electron chi connectivity index (χ2n) is 4.05. The average Bonchev–Trinajstić information content (AvgIpc) is 2.77. The van der Waals surface area contributed by atoms with E-state index in [9.17, 15) is 4.79 Å². The summed E-state index contributed by atoms with van der Waals surface area (Å²) in [5, 5.41) is 3.23. The highest BCUT2D eigenvalue weighted by Crippen LogP contribution is 2.22. The molecule has 4 nitrogen and oxygen atoms in total. The van der Waals surface area contributed by atoms with Gasteiger partial charge in [-0.05, 0) is 36.8 Å². The van der Waals surface area contributed by atoms with Gasteiger partial charge in [0.2, 0.25) is 0 Å². The smallest absolute Gasteiger partial charge is 0.250 e. The van der Waals surface area contributed by atoms with Crippen LogP contribution in [0.1, 0.15) is 15.2 Å². The number of nitrogen functional groups attached to an aromatic ring is 1. The van der Waals surface area contributed by atoms with Crippen molar-refractivity contribution in [2.45, 2.75) is 6.42 Å². The van der Waals surface area contributed by atoms with Crippen molar-refractivity contribution < 1.29 is 4.79 Å². The Morgan fingerprint density at radius 1 is 1.32 bits per heavy atom. The molecule has 100 valence electrons. The van der Waals surface area contributed by atoms with Crippen LogP contribution in [0.2, 0.25) is 4.34 Å². The molecule has 0 fully saturated rings. The van der Waals surface area contributed by atoms with Gasteiger partial charge in [-0.2, -0.15) is 0 Å². The van der Waals surface area contributed by atoms with Gasteiger partial charge in [-0.3, -0.25) is 4.79 Å². The van der Waals surface area contributed by atoms with E-state index in [4.69, 9.17) is 23.1 Å². The Hall–Kier alpha value is -1.72. The quantitative estimate of drug-likeness (QED) is 0.742. The predicted octanol–water partition coefficient (Wildman–Crippen LogP) is 2.74. The van der Waals surface area contributed by atoms with E-state index in [0.717, 1.165) is 23.0 Å². The lowest BCUT2D eigenvalue weighted by atomic mass is 10.1. The van der Waals surface area contributed by atoms with Crippen molar-refractivity contribution in [2.75, 3.05) is 17.6 Å². The fourth-order valence-corrected chi connectivity index (χ4v) is 2.78. The fourth-order valence-electron chi connectivity index (χ4n) is 1.70. The van der Waals surface area contributed by atoms with Crippen LogP contribution in [0.3, 0.4) is 0 Å². The molecule has 0 aliphatic heterocycles. The highest BCUT2D eigenvalue weighted by molar-refractivity contribution is 7.16. The number of nitrogens with one attached hydrogen (secondary N) is 1. The molecule has 2 rings (SSSR count). The first kappa shape index (κ1) is 13.7. The number of hydrogen-bond acceptors (Lipinski definition) is 4. The molecule has 1 aromatic heterocycles. The van der Waals surface area contributed by atoms with E-state index in [-0.39, 0.29) is 0 Å². The molecule has 1 heterocycles. The van der Waals surface area contributed by atoms with Gasteiger partial charge in [-0.25, -0.2) is 0 Å². The topological polar surface area (TPSA) is 81.1 Å². The Morgan fingerprint density at radius 2 is 2.11 bits per heavy atom. The Balaban J connectivity index is 1.96. The van der Waals surface area contributed by atoms with Gasteiger partial charge >= 0.3 is 0 Å². The Bertz CT molecular complexity index is 597. The van der Waals surface area contributed by atoms with Crippen LogP contribution in [0.5, 0.6) is 0 Å². The molecule has 0 saturated heterocycles. The van der Waals surface area contributed by atoms with Gasteiger partial charge in [-0.15, -0.1) is 11.3 Å². The van der Waals surface area contributed by atoms with Crippen LogP contribution in [-0.4, -0.2) is 12.5 Å². The zero-order chi connectivity index (χ0) is 13.8. The van der Waals surface area contributed by atoms with E-state index in [1.54, 1.807) is 23.5 Å². The number of primary amides is 1. The molecule has 0 aliphatic carbocycles.